The number of aromatic nitrogens is 1. The quantitative estimate of drug-likeness (QED) is 0.884. The van der Waals surface area contributed by atoms with Crippen LogP contribution in [0.2, 0.25) is 0 Å². The fourth-order valence-electron chi connectivity index (χ4n) is 3.44. The number of amides is 1. The molecule has 1 saturated carbocycles. The Morgan fingerprint density at radius 3 is 2.61 bits per heavy atom. The van der Waals surface area contributed by atoms with Crippen molar-refractivity contribution in [2.75, 3.05) is 6.54 Å². The van der Waals surface area contributed by atoms with E-state index >= 15 is 0 Å². The molecule has 3 atom stereocenters. The highest BCUT2D eigenvalue weighted by Gasteiger charge is 2.42. The predicted octanol–water partition coefficient (Wildman–Crippen LogP) is 2.90. The van der Waals surface area contributed by atoms with E-state index in [1.165, 1.54) is 0 Å². The van der Waals surface area contributed by atoms with Crippen LogP contribution in [0, 0.1) is 11.8 Å². The molecule has 3 heterocycles. The summed E-state index contributed by atoms with van der Waals surface area (Å²) in [5, 5.41) is 7.53. The average Bonchev–Trinajstić information content (AvgIpc) is 2.98. The van der Waals surface area contributed by atoms with Gasteiger partial charge in [0.05, 0.1) is 11.5 Å². The minimum absolute atomic E-state index is 0.0966. The number of thiazole rings is 1. The lowest BCUT2D eigenvalue weighted by atomic mass is 9.73. The van der Waals surface area contributed by atoms with E-state index < -0.39 is 17.4 Å². The van der Waals surface area contributed by atoms with E-state index in [2.05, 4.69) is 15.6 Å². The summed E-state index contributed by atoms with van der Waals surface area (Å²) in [6, 6.07) is 0.179. The molecule has 1 aromatic rings. The van der Waals surface area contributed by atoms with Gasteiger partial charge in [-0.2, -0.15) is 13.2 Å². The average molecular weight is 347 g/mol. The van der Waals surface area contributed by atoms with Gasteiger partial charge in [0.15, 0.2) is 5.69 Å². The third-order valence-corrected chi connectivity index (χ3v) is 5.90. The molecular weight excluding hydrogens is 327 g/mol. The van der Waals surface area contributed by atoms with Gasteiger partial charge in [0, 0.05) is 11.4 Å². The van der Waals surface area contributed by atoms with Gasteiger partial charge < -0.3 is 10.6 Å². The zero-order valence-electron chi connectivity index (χ0n) is 13.0. The van der Waals surface area contributed by atoms with Crippen molar-refractivity contribution in [2.45, 2.75) is 50.9 Å². The Morgan fingerprint density at radius 1 is 1.39 bits per heavy atom. The van der Waals surface area contributed by atoms with Crippen LogP contribution in [0.4, 0.5) is 13.2 Å². The minimum Gasteiger partial charge on any atom is -0.344 e. The van der Waals surface area contributed by atoms with E-state index in [0.29, 0.717) is 5.92 Å². The first-order valence-corrected chi connectivity index (χ1v) is 8.63. The van der Waals surface area contributed by atoms with Crippen LogP contribution in [-0.4, -0.2) is 23.5 Å². The van der Waals surface area contributed by atoms with Crippen LogP contribution in [0.3, 0.4) is 0 Å². The first-order valence-electron chi connectivity index (χ1n) is 7.75. The second kappa shape index (κ2) is 5.73. The maximum atomic E-state index is 12.7. The van der Waals surface area contributed by atoms with Crippen LogP contribution >= 0.6 is 11.3 Å². The lowest BCUT2D eigenvalue weighted by molar-refractivity contribution is -0.140. The van der Waals surface area contributed by atoms with E-state index in [-0.39, 0.29) is 22.9 Å². The van der Waals surface area contributed by atoms with Crippen LogP contribution in [0.1, 0.15) is 43.8 Å². The summed E-state index contributed by atoms with van der Waals surface area (Å²) in [6.45, 7) is 4.34. The first kappa shape index (κ1) is 16.7. The van der Waals surface area contributed by atoms with Crippen molar-refractivity contribution in [3.05, 3.63) is 16.1 Å². The molecule has 3 fully saturated rings. The molecule has 23 heavy (non-hydrogen) atoms. The summed E-state index contributed by atoms with van der Waals surface area (Å²) in [4.78, 5) is 16.2. The number of nitrogens with zero attached hydrogens (tertiary/aromatic N) is 1. The summed E-state index contributed by atoms with van der Waals surface area (Å²) in [6.07, 6.45) is -1.47. The molecule has 3 unspecified atom stereocenters. The standard InChI is InChI=1S/C15H20F3N3OS/c1-14(2,13-20-11(7-23-13)15(16,17)18)21-12(22)9-5-8-3-4-10(9)19-6-8/h7-10,19H,3-6H2,1-2H3,(H,21,22). The molecule has 1 amide bonds. The molecule has 128 valence electrons. The highest BCUT2D eigenvalue weighted by atomic mass is 32.1. The molecule has 4 nitrogen and oxygen atoms in total. The number of nitrogens with one attached hydrogen (secondary N) is 2. The molecule has 2 saturated heterocycles. The fraction of sp³-hybridized carbons (Fsp3) is 0.733. The van der Waals surface area contributed by atoms with Crippen molar-refractivity contribution < 1.29 is 18.0 Å². The Morgan fingerprint density at radius 2 is 2.13 bits per heavy atom. The molecule has 0 aromatic carbocycles. The molecule has 1 aliphatic carbocycles. The van der Waals surface area contributed by atoms with Gasteiger partial charge in [0.1, 0.15) is 5.01 Å². The summed E-state index contributed by atoms with van der Waals surface area (Å²) in [5.41, 5.74) is -1.82. The number of piperidine rings is 2. The van der Waals surface area contributed by atoms with Gasteiger partial charge in [-0.3, -0.25) is 4.79 Å². The van der Waals surface area contributed by atoms with Crippen molar-refractivity contribution in [2.24, 2.45) is 11.8 Å². The number of rotatable bonds is 3. The number of halogens is 3. The first-order chi connectivity index (χ1) is 10.7. The van der Waals surface area contributed by atoms with Gasteiger partial charge in [-0.1, -0.05) is 0 Å². The van der Waals surface area contributed by atoms with Gasteiger partial charge in [-0.25, -0.2) is 4.98 Å². The molecule has 8 heteroatoms. The molecule has 4 rings (SSSR count). The van der Waals surface area contributed by atoms with Gasteiger partial charge in [-0.05, 0) is 45.6 Å². The Labute approximate surface area is 136 Å². The van der Waals surface area contributed by atoms with Gasteiger partial charge in [0.25, 0.3) is 0 Å². The Bertz CT molecular complexity index is 591. The van der Waals surface area contributed by atoms with Gasteiger partial charge in [0.2, 0.25) is 5.91 Å². The Kier molecular flexibility index (Phi) is 4.16. The Balaban J connectivity index is 1.70. The summed E-state index contributed by atoms with van der Waals surface area (Å²) in [5.74, 6) is 0.319. The largest absolute Gasteiger partial charge is 0.434 e. The number of carbonyl (C=O) groups is 1. The monoisotopic (exact) mass is 347 g/mol. The normalized spacial score (nSPS) is 28.0. The van der Waals surface area contributed by atoms with Crippen molar-refractivity contribution in [1.82, 2.24) is 15.6 Å². The minimum atomic E-state index is -4.46. The SMILES string of the molecule is CC(C)(NC(=O)C1CC2CCC1NC2)c1nc(C(F)(F)F)cs1. The van der Waals surface area contributed by atoms with E-state index in [0.717, 1.165) is 42.5 Å². The molecule has 0 radical (unpaired) electrons. The molecule has 2 aliphatic heterocycles. The van der Waals surface area contributed by atoms with Crippen LogP contribution in [-0.2, 0) is 16.5 Å². The van der Waals surface area contributed by atoms with Gasteiger partial charge >= 0.3 is 6.18 Å². The molecule has 1 aromatic heterocycles. The third-order valence-electron chi connectivity index (χ3n) is 4.73. The van der Waals surface area contributed by atoms with E-state index in [1.807, 2.05) is 0 Å². The highest BCUT2D eigenvalue weighted by Crippen LogP contribution is 2.36. The lowest BCUT2D eigenvalue weighted by Crippen LogP contribution is -2.56. The van der Waals surface area contributed by atoms with Crippen LogP contribution in [0.5, 0.6) is 0 Å². The maximum absolute atomic E-state index is 12.7. The lowest BCUT2D eigenvalue weighted by Gasteiger charge is -2.43. The molecule has 2 bridgehead atoms. The third kappa shape index (κ3) is 3.38. The summed E-state index contributed by atoms with van der Waals surface area (Å²) in [7, 11) is 0. The number of alkyl halides is 3. The van der Waals surface area contributed by atoms with Crippen LogP contribution in [0.15, 0.2) is 5.38 Å². The van der Waals surface area contributed by atoms with Crippen LogP contribution < -0.4 is 10.6 Å². The maximum Gasteiger partial charge on any atom is 0.434 e. The number of hydrogen-bond acceptors (Lipinski definition) is 4. The number of hydrogen-bond donors (Lipinski definition) is 2. The van der Waals surface area contributed by atoms with Crippen molar-refractivity contribution >= 4 is 17.2 Å². The summed E-state index contributed by atoms with van der Waals surface area (Å²) < 4.78 is 38.1. The second-order valence-corrected chi connectivity index (χ2v) is 7.81. The number of fused-ring (bicyclic) bond motifs is 3. The molecular formula is C15H20F3N3OS. The smallest absolute Gasteiger partial charge is 0.344 e. The highest BCUT2D eigenvalue weighted by molar-refractivity contribution is 7.09. The van der Waals surface area contributed by atoms with Gasteiger partial charge in [-0.15, -0.1) is 11.3 Å². The zero-order chi connectivity index (χ0) is 16.8. The number of carbonyl (C=O) groups excluding carboxylic acids is 1. The van der Waals surface area contributed by atoms with Crippen molar-refractivity contribution in [3.63, 3.8) is 0 Å². The van der Waals surface area contributed by atoms with Crippen molar-refractivity contribution in [3.8, 4) is 0 Å². The molecule has 2 N–H and O–H groups in total. The zero-order valence-corrected chi connectivity index (χ0v) is 13.9. The molecule has 3 aliphatic rings. The predicted molar refractivity (Wildman–Crippen MR) is 80.9 cm³/mol. The van der Waals surface area contributed by atoms with Crippen LogP contribution in [0.25, 0.3) is 0 Å². The van der Waals surface area contributed by atoms with E-state index in [9.17, 15) is 18.0 Å². The van der Waals surface area contributed by atoms with Crippen molar-refractivity contribution in [1.29, 1.82) is 0 Å². The molecule has 0 spiro atoms. The topological polar surface area (TPSA) is 54.0 Å². The summed E-state index contributed by atoms with van der Waals surface area (Å²) >= 11 is 0.926. The fourth-order valence-corrected chi connectivity index (χ4v) is 4.35. The Hall–Kier alpha value is -1.15. The van der Waals surface area contributed by atoms with E-state index in [1.54, 1.807) is 13.8 Å². The van der Waals surface area contributed by atoms with E-state index in [4.69, 9.17) is 0 Å². The second-order valence-electron chi connectivity index (χ2n) is 6.95.